The van der Waals surface area contributed by atoms with Crippen molar-refractivity contribution < 1.29 is 24.3 Å². The summed E-state index contributed by atoms with van der Waals surface area (Å²) in [5.41, 5.74) is -1.82. The number of allylic oxidation sites excluding steroid dienone is 2. The van der Waals surface area contributed by atoms with Crippen molar-refractivity contribution in [2.75, 3.05) is 0 Å². The van der Waals surface area contributed by atoms with Gasteiger partial charge in [-0.2, -0.15) is 0 Å². The summed E-state index contributed by atoms with van der Waals surface area (Å²) in [6.45, 7) is 9.87. The van der Waals surface area contributed by atoms with E-state index in [1.165, 1.54) is 6.92 Å². The molecule has 0 aliphatic heterocycles. The molecule has 0 aromatic carbocycles. The summed E-state index contributed by atoms with van der Waals surface area (Å²) >= 11 is 0. The summed E-state index contributed by atoms with van der Waals surface area (Å²) in [5.74, 6) is -2.00. The van der Waals surface area contributed by atoms with Gasteiger partial charge in [0, 0.05) is 17.4 Å². The van der Waals surface area contributed by atoms with E-state index in [9.17, 15) is 24.3 Å². The second kappa shape index (κ2) is 6.86. The fraction of sp³-hybridized carbons (Fsp3) is 0.769. The number of Topliss-reactive ketones (excluding diaryl/α,β-unsaturated/α-hetero) is 2. The lowest BCUT2D eigenvalue weighted by atomic mass is 9.34. The molecule has 0 radical (unpaired) electrons. The maximum atomic E-state index is 13.8. The maximum Gasteiger partial charge on any atom is 0.310 e. The Morgan fingerprint density at radius 3 is 2.32 bits per heavy atom. The first-order chi connectivity index (χ1) is 14.4. The smallest absolute Gasteiger partial charge is 0.310 e. The van der Waals surface area contributed by atoms with Crippen molar-refractivity contribution in [1.82, 2.24) is 0 Å². The molecule has 3 saturated carbocycles. The highest BCUT2D eigenvalue weighted by Crippen LogP contribution is 2.72. The van der Waals surface area contributed by atoms with E-state index in [2.05, 4.69) is 20.8 Å². The van der Waals surface area contributed by atoms with Gasteiger partial charge in [0.05, 0.1) is 11.3 Å². The minimum atomic E-state index is -0.945. The average molecular weight is 429 g/mol. The van der Waals surface area contributed by atoms with Crippen LogP contribution in [0.3, 0.4) is 0 Å². The Morgan fingerprint density at radius 1 is 1.06 bits per heavy atom. The quantitative estimate of drug-likeness (QED) is 0.662. The van der Waals surface area contributed by atoms with Crippen LogP contribution in [0.2, 0.25) is 0 Å². The molecule has 4 aliphatic rings. The summed E-state index contributed by atoms with van der Waals surface area (Å²) in [7, 11) is 0. The molecule has 0 spiro atoms. The first-order valence-corrected chi connectivity index (χ1v) is 11.8. The number of carbonyl (C=O) groups excluding carboxylic acids is 3. The van der Waals surface area contributed by atoms with Crippen LogP contribution in [0.5, 0.6) is 0 Å². The Morgan fingerprint density at radius 2 is 1.74 bits per heavy atom. The lowest BCUT2D eigenvalue weighted by Gasteiger charge is -2.68. The molecule has 170 valence electrons. The van der Waals surface area contributed by atoms with Crippen LogP contribution in [0, 0.1) is 45.3 Å². The van der Waals surface area contributed by atoms with Gasteiger partial charge in [-0.05, 0) is 67.6 Å². The molecule has 4 rings (SSSR count). The van der Waals surface area contributed by atoms with E-state index in [4.69, 9.17) is 0 Å². The van der Waals surface area contributed by atoms with Crippen LogP contribution in [0.15, 0.2) is 11.6 Å². The van der Waals surface area contributed by atoms with Gasteiger partial charge in [0.1, 0.15) is 12.1 Å². The predicted octanol–water partition coefficient (Wildman–Crippen LogP) is 4.63. The molecule has 5 heteroatoms. The van der Waals surface area contributed by atoms with E-state index in [1.54, 1.807) is 0 Å². The van der Waals surface area contributed by atoms with Crippen molar-refractivity contribution >= 4 is 23.8 Å². The largest absolute Gasteiger partial charge is 0.481 e. The number of carbonyl (C=O) groups is 4. The van der Waals surface area contributed by atoms with Crippen molar-refractivity contribution in [3.8, 4) is 0 Å². The van der Waals surface area contributed by atoms with Crippen molar-refractivity contribution in [2.45, 2.75) is 79.6 Å². The summed E-state index contributed by atoms with van der Waals surface area (Å²) in [4.78, 5) is 51.2. The Balaban J connectivity index is 1.88. The van der Waals surface area contributed by atoms with Gasteiger partial charge >= 0.3 is 5.97 Å². The third kappa shape index (κ3) is 2.67. The van der Waals surface area contributed by atoms with E-state index in [1.807, 2.05) is 13.0 Å². The van der Waals surface area contributed by atoms with Crippen molar-refractivity contribution in [2.24, 2.45) is 45.3 Å². The molecule has 0 bridgehead atoms. The normalized spacial score (nSPS) is 46.1. The number of aldehydes is 1. The Bertz CT molecular complexity index is 884. The fourth-order valence-corrected chi connectivity index (χ4v) is 8.86. The summed E-state index contributed by atoms with van der Waals surface area (Å²) in [6, 6.07) is 0. The number of carboxylic acids is 1. The third-order valence-electron chi connectivity index (χ3n) is 10.4. The van der Waals surface area contributed by atoms with Crippen molar-refractivity contribution in [1.29, 1.82) is 0 Å². The first-order valence-electron chi connectivity index (χ1n) is 11.8. The molecule has 3 fully saturated rings. The molecule has 4 aliphatic carbocycles. The monoisotopic (exact) mass is 428 g/mol. The van der Waals surface area contributed by atoms with Crippen molar-refractivity contribution in [3.05, 3.63) is 11.6 Å². The number of rotatable bonds is 3. The van der Waals surface area contributed by atoms with Gasteiger partial charge in [0.2, 0.25) is 0 Å². The van der Waals surface area contributed by atoms with E-state index in [-0.39, 0.29) is 46.6 Å². The lowest BCUT2D eigenvalue weighted by molar-refractivity contribution is -0.215. The van der Waals surface area contributed by atoms with E-state index in [0.29, 0.717) is 18.4 Å². The van der Waals surface area contributed by atoms with Gasteiger partial charge in [-0.1, -0.05) is 40.2 Å². The highest BCUT2D eigenvalue weighted by Gasteiger charge is 2.71. The van der Waals surface area contributed by atoms with Crippen LogP contribution in [0.25, 0.3) is 0 Å². The molecule has 0 saturated heterocycles. The molecule has 31 heavy (non-hydrogen) atoms. The Kier molecular flexibility index (Phi) is 4.96. The number of carboxylic acid groups (broad SMARTS) is 1. The summed E-state index contributed by atoms with van der Waals surface area (Å²) in [6.07, 6.45) is 7.59. The molecule has 0 amide bonds. The van der Waals surface area contributed by atoms with Crippen LogP contribution in [0.1, 0.15) is 79.6 Å². The molecule has 7 atom stereocenters. The number of hydrogen-bond acceptors (Lipinski definition) is 4. The topological polar surface area (TPSA) is 88.5 Å². The summed E-state index contributed by atoms with van der Waals surface area (Å²) in [5, 5.41) is 10.6. The van der Waals surface area contributed by atoms with Crippen LogP contribution >= 0.6 is 0 Å². The zero-order valence-electron chi connectivity index (χ0n) is 19.5. The van der Waals surface area contributed by atoms with Crippen molar-refractivity contribution in [3.63, 3.8) is 0 Å². The number of ketones is 2. The van der Waals surface area contributed by atoms with Gasteiger partial charge < -0.3 is 9.90 Å². The molecular formula is C26H36O5. The molecule has 0 heterocycles. The summed E-state index contributed by atoms with van der Waals surface area (Å²) < 4.78 is 0. The third-order valence-corrected chi connectivity index (χ3v) is 10.4. The van der Waals surface area contributed by atoms with E-state index in [0.717, 1.165) is 32.0 Å². The average Bonchev–Trinajstić information content (AvgIpc) is 2.68. The minimum absolute atomic E-state index is 0.0337. The molecular weight excluding hydrogens is 392 g/mol. The minimum Gasteiger partial charge on any atom is -0.481 e. The Hall–Kier alpha value is -1.78. The van der Waals surface area contributed by atoms with Crippen LogP contribution in [-0.2, 0) is 19.2 Å². The van der Waals surface area contributed by atoms with Crippen LogP contribution in [-0.4, -0.2) is 28.9 Å². The second-order valence-corrected chi connectivity index (χ2v) is 11.9. The lowest BCUT2D eigenvalue weighted by Crippen LogP contribution is -2.67. The van der Waals surface area contributed by atoms with E-state index >= 15 is 0 Å². The zero-order chi connectivity index (χ0) is 23.0. The molecule has 0 aromatic heterocycles. The Labute approximate surface area is 185 Å². The standard InChI is InChI=1S/C26H36O5/c1-15(28)16-7-8-19-24(4)12-9-18-23(2,3)10-6-11-26(18,22(30)31)20(24)13-21(29)25(19,5)17(16)14-27/h7,14,17-20H,6,8-13H2,1-5H3,(H,30,31)/t17-,18-,19-,20-,24-,25+,26+/m0/s1. The highest BCUT2D eigenvalue weighted by molar-refractivity contribution is 6.01. The number of fused-ring (bicyclic) bond motifs is 5. The van der Waals surface area contributed by atoms with Gasteiger partial charge in [0.15, 0.2) is 5.78 Å². The van der Waals surface area contributed by atoms with Gasteiger partial charge in [0.25, 0.3) is 0 Å². The van der Waals surface area contributed by atoms with Gasteiger partial charge in [-0.15, -0.1) is 0 Å². The SMILES string of the molecule is CC(=O)C1=CC[C@H]2[C@]3(C)CC[C@H]4C(C)(C)CCC[C@]4(C(=O)O)[C@H]3CC(=O)[C@]2(C)[C@H]1C=O. The van der Waals surface area contributed by atoms with Crippen LogP contribution in [0.4, 0.5) is 0 Å². The highest BCUT2D eigenvalue weighted by atomic mass is 16.4. The van der Waals surface area contributed by atoms with Crippen LogP contribution < -0.4 is 0 Å². The molecule has 0 unspecified atom stereocenters. The second-order valence-electron chi connectivity index (χ2n) is 11.9. The fourth-order valence-electron chi connectivity index (χ4n) is 8.86. The van der Waals surface area contributed by atoms with Gasteiger partial charge in [-0.25, -0.2) is 0 Å². The molecule has 1 N–H and O–H groups in total. The molecule has 5 nitrogen and oxygen atoms in total. The number of hydrogen-bond donors (Lipinski definition) is 1. The molecule has 0 aromatic rings. The predicted molar refractivity (Wildman–Crippen MR) is 116 cm³/mol. The van der Waals surface area contributed by atoms with Gasteiger partial charge in [-0.3, -0.25) is 14.4 Å². The maximum absolute atomic E-state index is 13.8. The zero-order valence-corrected chi connectivity index (χ0v) is 19.5. The first kappa shape index (κ1) is 22.4. The number of aliphatic carboxylic acids is 1. The van der Waals surface area contributed by atoms with E-state index < -0.39 is 22.7 Å².